The number of hydrogen-bond acceptors (Lipinski definition) is 3. The minimum Gasteiger partial charge on any atom is -0.496 e. The highest BCUT2D eigenvalue weighted by molar-refractivity contribution is 9.10. The van der Waals surface area contributed by atoms with E-state index in [-0.39, 0.29) is 24.7 Å². The van der Waals surface area contributed by atoms with Gasteiger partial charge in [-0.3, -0.25) is 9.36 Å². The van der Waals surface area contributed by atoms with E-state index in [9.17, 15) is 13.6 Å². The molecule has 2 aromatic carbocycles. The number of carbonyl (C=O) groups is 1. The maximum atomic E-state index is 13.5. The number of ether oxygens (including phenoxy) is 1. The minimum atomic E-state index is -2.72. The van der Waals surface area contributed by atoms with Gasteiger partial charge in [-0.25, -0.2) is 4.98 Å². The van der Waals surface area contributed by atoms with Crippen LogP contribution in [-0.4, -0.2) is 34.5 Å². The summed E-state index contributed by atoms with van der Waals surface area (Å²) in [5, 5.41) is 0. The average Bonchev–Trinajstić information content (AvgIpc) is 3.04. The zero-order valence-corrected chi connectivity index (χ0v) is 17.1. The summed E-state index contributed by atoms with van der Waals surface area (Å²) in [5.74, 6) is 0.747. The molecule has 8 heteroatoms. The first-order chi connectivity index (χ1) is 13.4. The van der Waals surface area contributed by atoms with Crippen molar-refractivity contribution in [1.29, 1.82) is 0 Å². The van der Waals surface area contributed by atoms with E-state index in [4.69, 9.17) is 4.74 Å². The Kier molecular flexibility index (Phi) is 6.28. The lowest BCUT2D eigenvalue weighted by molar-refractivity contribution is -0.130. The lowest BCUT2D eigenvalue weighted by Gasteiger charge is -2.18. The molecule has 0 bridgehead atoms. The van der Waals surface area contributed by atoms with Crippen LogP contribution in [0.3, 0.4) is 0 Å². The van der Waals surface area contributed by atoms with Crippen molar-refractivity contribution in [2.45, 2.75) is 25.9 Å². The molecule has 28 heavy (non-hydrogen) atoms. The van der Waals surface area contributed by atoms with E-state index < -0.39 is 6.55 Å². The van der Waals surface area contributed by atoms with Crippen LogP contribution >= 0.6 is 15.9 Å². The third-order valence-electron chi connectivity index (χ3n) is 4.51. The van der Waals surface area contributed by atoms with Crippen LogP contribution in [0.1, 0.15) is 24.4 Å². The number of fused-ring (bicyclic) bond motifs is 1. The molecule has 0 aliphatic carbocycles. The zero-order chi connectivity index (χ0) is 20.3. The Morgan fingerprint density at radius 2 is 2.04 bits per heavy atom. The first-order valence-corrected chi connectivity index (χ1v) is 9.50. The summed E-state index contributed by atoms with van der Waals surface area (Å²) in [7, 11) is 3.19. The number of imidazole rings is 1. The van der Waals surface area contributed by atoms with Crippen LogP contribution in [0.2, 0.25) is 0 Å². The second-order valence-electron chi connectivity index (χ2n) is 6.38. The van der Waals surface area contributed by atoms with Crippen LogP contribution in [0.5, 0.6) is 5.75 Å². The van der Waals surface area contributed by atoms with Gasteiger partial charge in [0.1, 0.15) is 11.6 Å². The van der Waals surface area contributed by atoms with E-state index in [1.807, 2.05) is 18.2 Å². The van der Waals surface area contributed by atoms with Gasteiger partial charge in [-0.2, -0.15) is 8.78 Å². The second-order valence-corrected chi connectivity index (χ2v) is 7.24. The number of alkyl halides is 2. The SMILES string of the molecule is COc1ccc(CCC(=O)N(C)Cc2nc3ccccc3n2C(F)F)cc1Br. The molecule has 0 atom stereocenters. The summed E-state index contributed by atoms with van der Waals surface area (Å²) < 4.78 is 33.9. The van der Waals surface area contributed by atoms with Gasteiger partial charge < -0.3 is 9.64 Å². The first kappa shape index (κ1) is 20.3. The Bertz CT molecular complexity index is 991. The molecule has 3 aromatic rings. The quantitative estimate of drug-likeness (QED) is 0.518. The first-order valence-electron chi connectivity index (χ1n) is 8.71. The van der Waals surface area contributed by atoms with Gasteiger partial charge in [-0.05, 0) is 52.2 Å². The molecular weight excluding hydrogens is 432 g/mol. The number of nitrogens with zero attached hydrogens (tertiary/aromatic N) is 3. The highest BCUT2D eigenvalue weighted by atomic mass is 79.9. The van der Waals surface area contributed by atoms with Crippen LogP contribution in [0.4, 0.5) is 8.78 Å². The normalized spacial score (nSPS) is 11.2. The highest BCUT2D eigenvalue weighted by Crippen LogP contribution is 2.26. The van der Waals surface area contributed by atoms with E-state index >= 15 is 0 Å². The maximum Gasteiger partial charge on any atom is 0.320 e. The number of methoxy groups -OCH3 is 1. The van der Waals surface area contributed by atoms with Crippen molar-refractivity contribution in [1.82, 2.24) is 14.5 Å². The third kappa shape index (κ3) is 4.32. The lowest BCUT2D eigenvalue weighted by atomic mass is 10.1. The van der Waals surface area contributed by atoms with Gasteiger partial charge in [0, 0.05) is 13.5 Å². The number of aryl methyl sites for hydroxylation is 1. The molecule has 0 saturated heterocycles. The number of amides is 1. The summed E-state index contributed by atoms with van der Waals surface area (Å²) >= 11 is 3.42. The lowest BCUT2D eigenvalue weighted by Crippen LogP contribution is -2.28. The predicted octanol–water partition coefficient (Wildman–Crippen LogP) is 4.79. The summed E-state index contributed by atoms with van der Waals surface area (Å²) in [4.78, 5) is 18.2. The van der Waals surface area contributed by atoms with Gasteiger partial charge in [0.2, 0.25) is 5.91 Å². The standard InChI is InChI=1S/C20H20BrF2N3O2/c1-25(19(27)10-8-13-7-9-17(28-2)14(21)11-13)12-18-24-15-5-3-4-6-16(15)26(18)20(22)23/h3-7,9,11,20H,8,10,12H2,1-2H3. The van der Waals surface area contributed by atoms with Crippen LogP contribution in [0.25, 0.3) is 11.0 Å². The van der Waals surface area contributed by atoms with Gasteiger partial charge >= 0.3 is 6.55 Å². The minimum absolute atomic E-state index is 0.0180. The van der Waals surface area contributed by atoms with E-state index in [1.54, 1.807) is 38.4 Å². The predicted molar refractivity (Wildman–Crippen MR) is 106 cm³/mol. The number of aromatic nitrogens is 2. The van der Waals surface area contributed by atoms with E-state index in [2.05, 4.69) is 20.9 Å². The number of halogens is 3. The molecule has 1 amide bonds. The number of carbonyl (C=O) groups excluding carboxylic acids is 1. The Labute approximate surface area is 170 Å². The monoisotopic (exact) mass is 451 g/mol. The van der Waals surface area contributed by atoms with Crippen molar-refractivity contribution in [3.05, 3.63) is 58.3 Å². The van der Waals surface area contributed by atoms with Crippen LogP contribution in [-0.2, 0) is 17.8 Å². The Hall–Kier alpha value is -2.48. The van der Waals surface area contributed by atoms with Crippen molar-refractivity contribution in [3.63, 3.8) is 0 Å². The van der Waals surface area contributed by atoms with Crippen LogP contribution in [0.15, 0.2) is 46.9 Å². The molecular formula is C20H20BrF2N3O2. The molecule has 1 heterocycles. The van der Waals surface area contributed by atoms with Crippen molar-refractivity contribution in [2.75, 3.05) is 14.2 Å². The molecule has 5 nitrogen and oxygen atoms in total. The average molecular weight is 452 g/mol. The molecule has 0 unspecified atom stereocenters. The summed E-state index contributed by atoms with van der Waals surface area (Å²) in [5.41, 5.74) is 1.83. The molecule has 3 rings (SSSR count). The smallest absolute Gasteiger partial charge is 0.320 e. The summed E-state index contributed by atoms with van der Waals surface area (Å²) in [6.07, 6.45) is 0.807. The molecule has 0 spiro atoms. The van der Waals surface area contributed by atoms with E-state index in [1.165, 1.54) is 4.90 Å². The largest absolute Gasteiger partial charge is 0.496 e. The van der Waals surface area contributed by atoms with Crippen molar-refractivity contribution in [3.8, 4) is 5.75 Å². The highest BCUT2D eigenvalue weighted by Gasteiger charge is 2.20. The number of para-hydroxylation sites is 2. The zero-order valence-electron chi connectivity index (χ0n) is 15.5. The van der Waals surface area contributed by atoms with Crippen LogP contribution in [0, 0.1) is 0 Å². The summed E-state index contributed by atoms with van der Waals surface area (Å²) in [6, 6.07) is 12.3. The second kappa shape index (κ2) is 8.68. The van der Waals surface area contributed by atoms with E-state index in [0.29, 0.717) is 17.5 Å². The van der Waals surface area contributed by atoms with Gasteiger partial charge in [-0.1, -0.05) is 18.2 Å². The molecule has 0 fully saturated rings. The summed E-state index contributed by atoms with van der Waals surface area (Å²) in [6.45, 7) is -2.70. The topological polar surface area (TPSA) is 47.4 Å². The molecule has 0 saturated carbocycles. The fourth-order valence-corrected chi connectivity index (χ4v) is 3.62. The fourth-order valence-electron chi connectivity index (χ4n) is 3.03. The maximum absolute atomic E-state index is 13.5. The number of benzene rings is 2. The van der Waals surface area contributed by atoms with Gasteiger partial charge in [0.25, 0.3) is 0 Å². The van der Waals surface area contributed by atoms with Gasteiger partial charge in [-0.15, -0.1) is 0 Å². The molecule has 148 valence electrons. The Morgan fingerprint density at radius 1 is 1.29 bits per heavy atom. The van der Waals surface area contributed by atoms with Gasteiger partial charge in [0.15, 0.2) is 0 Å². The fraction of sp³-hybridized carbons (Fsp3) is 0.300. The van der Waals surface area contributed by atoms with Crippen molar-refractivity contribution < 1.29 is 18.3 Å². The molecule has 0 aliphatic rings. The third-order valence-corrected chi connectivity index (χ3v) is 5.13. The Balaban J connectivity index is 1.68. The van der Waals surface area contributed by atoms with Crippen molar-refractivity contribution in [2.24, 2.45) is 0 Å². The molecule has 1 aromatic heterocycles. The Morgan fingerprint density at radius 3 is 2.71 bits per heavy atom. The van der Waals surface area contributed by atoms with E-state index in [0.717, 1.165) is 20.4 Å². The molecule has 0 N–H and O–H groups in total. The number of hydrogen-bond donors (Lipinski definition) is 0. The molecule has 0 radical (unpaired) electrons. The van der Waals surface area contributed by atoms with Crippen molar-refractivity contribution >= 4 is 32.9 Å². The van der Waals surface area contributed by atoms with Crippen LogP contribution < -0.4 is 4.74 Å². The number of rotatable bonds is 7. The molecule has 0 aliphatic heterocycles. The van der Waals surface area contributed by atoms with Gasteiger partial charge in [0.05, 0.1) is 29.2 Å².